The van der Waals surface area contributed by atoms with Crippen LogP contribution in [0.5, 0.6) is 0 Å². The number of anilines is 6. The lowest BCUT2D eigenvalue weighted by molar-refractivity contribution is 0.669. The molecule has 0 N–H and O–H groups in total. The van der Waals surface area contributed by atoms with Crippen molar-refractivity contribution in [3.05, 3.63) is 311 Å². The van der Waals surface area contributed by atoms with Gasteiger partial charge < -0.3 is 14.2 Å². The summed E-state index contributed by atoms with van der Waals surface area (Å²) < 4.78 is 7.57. The summed E-state index contributed by atoms with van der Waals surface area (Å²) in [6.45, 7) is 13.5. The molecule has 3 heteroatoms. The number of hydrogen-bond donors (Lipinski definition) is 0. The third kappa shape index (κ3) is 8.25. The number of hydrogen-bond acceptors (Lipinski definition) is 3. The highest BCUT2D eigenvalue weighted by Gasteiger charge is 2.50. The first kappa shape index (κ1) is 50.5. The molecule has 0 fully saturated rings. The third-order valence-corrected chi connectivity index (χ3v) is 17.4. The fourth-order valence-electron chi connectivity index (χ4n) is 13.2. The van der Waals surface area contributed by atoms with Gasteiger partial charge in [0.25, 0.3) is 0 Å². The molecule has 1 aliphatic rings. The second kappa shape index (κ2) is 20.4. The van der Waals surface area contributed by atoms with E-state index in [2.05, 4.69) is 318 Å². The Bertz CT molecular complexity index is 4460. The molecular weight excluding hydrogens is 993 g/mol. The van der Waals surface area contributed by atoms with Crippen LogP contribution in [0.3, 0.4) is 0 Å². The van der Waals surface area contributed by atoms with Crippen LogP contribution in [-0.2, 0) is 5.41 Å². The molecule has 1 aliphatic carbocycles. The summed E-state index contributed by atoms with van der Waals surface area (Å²) in [5.74, 6) is 0.759. The molecule has 0 radical (unpaired) electrons. The normalized spacial score (nSPS) is 12.6. The van der Waals surface area contributed by atoms with Gasteiger partial charge in [-0.15, -0.1) is 0 Å². The highest BCUT2D eigenvalue weighted by atomic mass is 16.3. The van der Waals surface area contributed by atoms with E-state index in [1.807, 2.05) is 0 Å². The molecule has 0 bridgehead atoms. The van der Waals surface area contributed by atoms with Crippen molar-refractivity contribution >= 4 is 66.8 Å². The molecule has 0 aliphatic heterocycles. The maximum Gasteiger partial charge on any atom is 0.145 e. The number of fused-ring (bicyclic) bond motifs is 9. The lowest BCUT2D eigenvalue weighted by Crippen LogP contribution is -2.29. The molecule has 12 aromatic carbocycles. The van der Waals surface area contributed by atoms with Gasteiger partial charge in [-0.05, 0) is 170 Å². The number of nitrogens with zero attached hydrogens (tertiary/aromatic N) is 2. The number of benzene rings is 12. The van der Waals surface area contributed by atoms with Gasteiger partial charge in [-0.3, -0.25) is 0 Å². The van der Waals surface area contributed by atoms with E-state index in [4.69, 9.17) is 4.42 Å². The Labute approximate surface area is 482 Å². The van der Waals surface area contributed by atoms with Crippen molar-refractivity contribution in [1.82, 2.24) is 0 Å². The fraction of sp³-hybridized carbons (Fsp3) is 0.114. The Balaban J connectivity index is 1.14. The topological polar surface area (TPSA) is 19.6 Å². The largest absolute Gasteiger partial charge is 0.455 e. The third-order valence-electron chi connectivity index (χ3n) is 17.4. The van der Waals surface area contributed by atoms with Gasteiger partial charge in [-0.25, -0.2) is 0 Å². The van der Waals surface area contributed by atoms with Crippen LogP contribution in [0, 0.1) is 13.8 Å². The van der Waals surface area contributed by atoms with E-state index in [-0.39, 0.29) is 0 Å². The zero-order valence-corrected chi connectivity index (χ0v) is 47.4. The maximum absolute atomic E-state index is 7.57. The molecule has 1 aromatic heterocycles. The molecule has 3 nitrogen and oxygen atoms in total. The van der Waals surface area contributed by atoms with E-state index < -0.39 is 5.41 Å². The van der Waals surface area contributed by atoms with Crippen molar-refractivity contribution in [2.24, 2.45) is 0 Å². The summed E-state index contributed by atoms with van der Waals surface area (Å²) in [5, 5.41) is 4.44. The Kier molecular flexibility index (Phi) is 12.6. The summed E-state index contributed by atoms with van der Waals surface area (Å²) in [6.07, 6.45) is 0. The SMILES string of the molecule is Cc1ccc(N(c2ccc(C(C)C)cc2)c2cc3c(c4ccccc24)-c2c(cc(N(c4ccc(C(C)C)cc4)c4ccc(C)c(-c5ccccc5)c4)c4c2oc2ccccc24)C3(c2ccccc2)c2ccccc2)cc1-c1ccccc1. The van der Waals surface area contributed by atoms with Gasteiger partial charge in [-0.2, -0.15) is 0 Å². The van der Waals surface area contributed by atoms with Gasteiger partial charge in [0.05, 0.1) is 22.2 Å². The fourth-order valence-corrected chi connectivity index (χ4v) is 13.2. The first-order valence-corrected chi connectivity index (χ1v) is 29.0. The van der Waals surface area contributed by atoms with Gasteiger partial charge >= 0.3 is 0 Å². The highest BCUT2D eigenvalue weighted by Crippen LogP contribution is 2.64. The standard InChI is InChI=1S/C79H64N2O/c1-51(2)55-37-43-61(44-38-55)80(63-41-35-53(5)68(47-63)57-23-11-7-12-24-57)72-49-70-75(66-32-20-19-31-65(66)72)77-71(79(70,59-27-15-9-16-28-59)60-29-17-10-18-30-60)50-73(76-67-33-21-22-34-74(67)82-78(76)77)81(62-45-39-56(40-46-62)52(3)4)64-42-36-54(6)69(48-64)58-25-13-8-14-26-58/h7-52H,1-6H3. The molecule has 13 aromatic rings. The predicted octanol–water partition coefficient (Wildman–Crippen LogP) is 22.2. The van der Waals surface area contributed by atoms with Crippen LogP contribution < -0.4 is 9.80 Å². The quantitative estimate of drug-likeness (QED) is 0.122. The lowest BCUT2D eigenvalue weighted by atomic mass is 9.67. The number of rotatable bonds is 12. The average Bonchev–Trinajstić information content (AvgIpc) is 3.51. The van der Waals surface area contributed by atoms with Gasteiger partial charge in [0.1, 0.15) is 11.2 Å². The van der Waals surface area contributed by atoms with Gasteiger partial charge in [0, 0.05) is 39.1 Å². The van der Waals surface area contributed by atoms with E-state index in [0.29, 0.717) is 11.8 Å². The smallest absolute Gasteiger partial charge is 0.145 e. The molecule has 1 heterocycles. The number of aryl methyl sites for hydroxylation is 2. The first-order chi connectivity index (χ1) is 40.2. The van der Waals surface area contributed by atoms with Crippen LogP contribution in [0.4, 0.5) is 34.1 Å². The summed E-state index contributed by atoms with van der Waals surface area (Å²) in [7, 11) is 0. The first-order valence-electron chi connectivity index (χ1n) is 29.0. The lowest BCUT2D eigenvalue weighted by Gasteiger charge is -2.36. The highest BCUT2D eigenvalue weighted by molar-refractivity contribution is 6.23. The van der Waals surface area contributed by atoms with Crippen molar-refractivity contribution in [2.45, 2.75) is 58.8 Å². The Morgan fingerprint density at radius 1 is 0.354 bits per heavy atom. The minimum atomic E-state index is -0.848. The number of furan rings is 1. The Morgan fingerprint density at radius 3 is 1.26 bits per heavy atom. The second-order valence-electron chi connectivity index (χ2n) is 22.9. The monoisotopic (exact) mass is 1060 g/mol. The summed E-state index contributed by atoms with van der Waals surface area (Å²) in [4.78, 5) is 5.01. The van der Waals surface area contributed by atoms with E-state index in [1.54, 1.807) is 0 Å². The Hall–Kier alpha value is -9.70. The minimum Gasteiger partial charge on any atom is -0.455 e. The molecule has 0 saturated heterocycles. The molecule has 0 atom stereocenters. The van der Waals surface area contributed by atoms with Crippen LogP contribution in [0.25, 0.3) is 66.1 Å². The minimum absolute atomic E-state index is 0.374. The second-order valence-corrected chi connectivity index (χ2v) is 22.9. The summed E-state index contributed by atoms with van der Waals surface area (Å²) in [5.41, 5.74) is 24.1. The Morgan fingerprint density at radius 2 is 0.756 bits per heavy atom. The van der Waals surface area contributed by atoms with Crippen LogP contribution >= 0.6 is 0 Å². The van der Waals surface area contributed by atoms with Crippen molar-refractivity contribution < 1.29 is 4.42 Å². The molecule has 82 heavy (non-hydrogen) atoms. The zero-order chi connectivity index (χ0) is 55.6. The van der Waals surface area contributed by atoms with Gasteiger partial charge in [-0.1, -0.05) is 228 Å². The average molecular weight is 1060 g/mol. The molecule has 396 valence electrons. The van der Waals surface area contributed by atoms with Crippen LogP contribution in [0.15, 0.2) is 271 Å². The molecule has 0 unspecified atom stereocenters. The molecule has 0 amide bonds. The van der Waals surface area contributed by atoms with E-state index >= 15 is 0 Å². The zero-order valence-electron chi connectivity index (χ0n) is 47.4. The van der Waals surface area contributed by atoms with E-state index in [0.717, 1.165) is 78.0 Å². The van der Waals surface area contributed by atoms with Crippen molar-refractivity contribution in [3.63, 3.8) is 0 Å². The predicted molar refractivity (Wildman–Crippen MR) is 346 cm³/mol. The maximum atomic E-state index is 7.57. The van der Waals surface area contributed by atoms with Gasteiger partial charge in [0.2, 0.25) is 0 Å². The van der Waals surface area contributed by atoms with Crippen molar-refractivity contribution in [2.75, 3.05) is 9.80 Å². The van der Waals surface area contributed by atoms with E-state index in [9.17, 15) is 0 Å². The molecule has 0 spiro atoms. The van der Waals surface area contributed by atoms with Crippen molar-refractivity contribution in [3.8, 4) is 33.4 Å². The summed E-state index contributed by atoms with van der Waals surface area (Å²) >= 11 is 0. The summed E-state index contributed by atoms with van der Waals surface area (Å²) in [6, 6.07) is 99.3. The van der Waals surface area contributed by atoms with E-state index in [1.165, 1.54) is 66.8 Å². The van der Waals surface area contributed by atoms with Crippen molar-refractivity contribution in [1.29, 1.82) is 0 Å². The van der Waals surface area contributed by atoms with Crippen LogP contribution in [-0.4, -0.2) is 0 Å². The molecular formula is C79H64N2O. The molecule has 14 rings (SSSR count). The van der Waals surface area contributed by atoms with Crippen LogP contribution in [0.2, 0.25) is 0 Å². The van der Waals surface area contributed by atoms with Crippen LogP contribution in [0.1, 0.15) is 84.0 Å². The number of para-hydroxylation sites is 1. The molecule has 0 saturated carbocycles. The van der Waals surface area contributed by atoms with Gasteiger partial charge in [0.15, 0.2) is 0 Å².